The van der Waals surface area contributed by atoms with Crippen molar-refractivity contribution < 1.29 is 0 Å². The van der Waals surface area contributed by atoms with Crippen molar-refractivity contribution in [2.24, 2.45) is 0 Å². The van der Waals surface area contributed by atoms with Crippen molar-refractivity contribution in [2.75, 3.05) is 7.05 Å². The number of halogens is 1. The fraction of sp³-hybridized carbons (Fsp3) is 0.167. The molecule has 4 heteroatoms. The van der Waals surface area contributed by atoms with Gasteiger partial charge >= 0.3 is 0 Å². The molecule has 0 bridgehead atoms. The number of benzene rings is 2. The molecule has 22 heavy (non-hydrogen) atoms. The summed E-state index contributed by atoms with van der Waals surface area (Å²) < 4.78 is 1.95. The van der Waals surface area contributed by atoms with Crippen molar-refractivity contribution in [2.45, 2.75) is 13.1 Å². The van der Waals surface area contributed by atoms with E-state index in [-0.39, 0.29) is 0 Å². The third-order valence-electron chi connectivity index (χ3n) is 3.54. The Hall–Kier alpha value is -2.10. The van der Waals surface area contributed by atoms with Crippen LogP contribution in [0.4, 0.5) is 0 Å². The summed E-state index contributed by atoms with van der Waals surface area (Å²) in [6, 6.07) is 18.1. The van der Waals surface area contributed by atoms with Crippen molar-refractivity contribution in [3.63, 3.8) is 0 Å². The highest BCUT2D eigenvalue weighted by Gasteiger charge is 2.11. The molecule has 0 spiro atoms. The number of hydrogen-bond donors (Lipinski definition) is 1. The van der Waals surface area contributed by atoms with Crippen LogP contribution in [0.5, 0.6) is 0 Å². The van der Waals surface area contributed by atoms with Crippen LogP contribution in [0.15, 0.2) is 60.8 Å². The van der Waals surface area contributed by atoms with Gasteiger partial charge in [-0.1, -0.05) is 60.1 Å². The highest BCUT2D eigenvalue weighted by molar-refractivity contribution is 6.31. The summed E-state index contributed by atoms with van der Waals surface area (Å²) in [6.45, 7) is 1.45. The second kappa shape index (κ2) is 6.77. The van der Waals surface area contributed by atoms with Crippen molar-refractivity contribution >= 4 is 11.6 Å². The van der Waals surface area contributed by atoms with Gasteiger partial charge in [-0.05, 0) is 18.7 Å². The molecule has 0 aliphatic carbocycles. The molecule has 1 heterocycles. The zero-order chi connectivity index (χ0) is 15.4. The van der Waals surface area contributed by atoms with E-state index in [9.17, 15) is 0 Å². The first kappa shape index (κ1) is 14.8. The highest BCUT2D eigenvalue weighted by atomic mass is 35.5. The monoisotopic (exact) mass is 311 g/mol. The molecule has 3 rings (SSSR count). The first-order valence-corrected chi connectivity index (χ1v) is 7.65. The van der Waals surface area contributed by atoms with Crippen molar-refractivity contribution in [3.05, 3.63) is 76.9 Å². The van der Waals surface area contributed by atoms with Crippen LogP contribution in [0.25, 0.3) is 11.3 Å². The highest BCUT2D eigenvalue weighted by Crippen LogP contribution is 2.23. The average molecular weight is 312 g/mol. The summed E-state index contributed by atoms with van der Waals surface area (Å²) in [5.74, 6) is 0. The quantitative estimate of drug-likeness (QED) is 0.772. The van der Waals surface area contributed by atoms with Crippen molar-refractivity contribution in [3.8, 4) is 11.3 Å². The molecule has 0 aliphatic heterocycles. The van der Waals surface area contributed by atoms with Gasteiger partial charge in [-0.3, -0.25) is 4.68 Å². The fourth-order valence-corrected chi connectivity index (χ4v) is 2.70. The molecule has 3 aromatic rings. The van der Waals surface area contributed by atoms with Gasteiger partial charge in [0.25, 0.3) is 0 Å². The first-order chi connectivity index (χ1) is 10.8. The summed E-state index contributed by atoms with van der Waals surface area (Å²) >= 11 is 6.25. The maximum Gasteiger partial charge on any atom is 0.0968 e. The Morgan fingerprint density at radius 2 is 1.73 bits per heavy atom. The lowest BCUT2D eigenvalue weighted by molar-refractivity contribution is 0.687. The van der Waals surface area contributed by atoms with Crippen LogP contribution in [0.2, 0.25) is 5.02 Å². The van der Waals surface area contributed by atoms with Gasteiger partial charge in [-0.2, -0.15) is 5.10 Å². The molecule has 0 saturated carbocycles. The van der Waals surface area contributed by atoms with Crippen LogP contribution >= 0.6 is 11.6 Å². The molecule has 112 valence electrons. The van der Waals surface area contributed by atoms with Gasteiger partial charge in [0.1, 0.15) is 0 Å². The topological polar surface area (TPSA) is 29.9 Å². The minimum Gasteiger partial charge on any atom is -0.316 e. The van der Waals surface area contributed by atoms with E-state index in [1.807, 2.05) is 54.2 Å². The Labute approximate surface area is 135 Å². The van der Waals surface area contributed by atoms with Gasteiger partial charge in [0.05, 0.1) is 12.2 Å². The summed E-state index contributed by atoms with van der Waals surface area (Å²) in [7, 11) is 1.94. The Morgan fingerprint density at radius 1 is 1.00 bits per heavy atom. The number of rotatable bonds is 5. The lowest BCUT2D eigenvalue weighted by Crippen LogP contribution is -2.05. The summed E-state index contributed by atoms with van der Waals surface area (Å²) in [5, 5.41) is 8.73. The summed E-state index contributed by atoms with van der Waals surface area (Å²) in [4.78, 5) is 0. The average Bonchev–Trinajstić information content (AvgIpc) is 2.94. The Bertz CT molecular complexity index is 750. The summed E-state index contributed by atoms with van der Waals surface area (Å²) in [6.07, 6.45) is 2.09. The predicted octanol–water partition coefficient (Wildman–Crippen LogP) is 3.97. The summed E-state index contributed by atoms with van der Waals surface area (Å²) in [5.41, 5.74) is 4.40. The fourth-order valence-electron chi connectivity index (χ4n) is 2.50. The Morgan fingerprint density at radius 3 is 2.45 bits per heavy atom. The zero-order valence-electron chi connectivity index (χ0n) is 12.5. The molecule has 0 aliphatic rings. The van der Waals surface area contributed by atoms with Gasteiger partial charge in [-0.25, -0.2) is 0 Å². The van der Waals surface area contributed by atoms with Gasteiger partial charge in [0.15, 0.2) is 0 Å². The third-order valence-corrected chi connectivity index (χ3v) is 3.91. The van der Waals surface area contributed by atoms with Crippen LogP contribution in [-0.4, -0.2) is 16.8 Å². The molecule has 0 saturated heterocycles. The van der Waals surface area contributed by atoms with E-state index in [2.05, 4.69) is 23.6 Å². The van der Waals surface area contributed by atoms with Crippen LogP contribution in [0.1, 0.15) is 11.1 Å². The number of nitrogens with one attached hydrogen (secondary N) is 1. The minimum absolute atomic E-state index is 0.670. The molecule has 0 amide bonds. The molecule has 0 radical (unpaired) electrons. The smallest absolute Gasteiger partial charge is 0.0968 e. The lowest BCUT2D eigenvalue weighted by atomic mass is 10.1. The SMILES string of the molecule is CNCc1cn(Cc2ccccc2Cl)nc1-c1ccccc1. The van der Waals surface area contributed by atoms with E-state index < -0.39 is 0 Å². The van der Waals surface area contributed by atoms with E-state index in [4.69, 9.17) is 16.7 Å². The number of hydrogen-bond acceptors (Lipinski definition) is 2. The molecular formula is C18H18ClN3. The molecule has 0 fully saturated rings. The molecule has 1 N–H and O–H groups in total. The zero-order valence-corrected chi connectivity index (χ0v) is 13.2. The maximum absolute atomic E-state index is 6.25. The molecule has 2 aromatic carbocycles. The van der Waals surface area contributed by atoms with E-state index in [1.54, 1.807) is 0 Å². The number of nitrogens with zero attached hydrogens (tertiary/aromatic N) is 2. The largest absolute Gasteiger partial charge is 0.316 e. The van der Waals surface area contributed by atoms with Gasteiger partial charge < -0.3 is 5.32 Å². The standard InChI is InChI=1S/C18H18ClN3/c1-20-11-16-13-22(12-15-9-5-6-10-17(15)19)21-18(16)14-7-3-2-4-8-14/h2-10,13,20H,11-12H2,1H3. The van der Waals surface area contributed by atoms with Crippen molar-refractivity contribution in [1.82, 2.24) is 15.1 Å². The van der Waals surface area contributed by atoms with Gasteiger partial charge in [0.2, 0.25) is 0 Å². The van der Waals surface area contributed by atoms with E-state index in [0.717, 1.165) is 28.4 Å². The van der Waals surface area contributed by atoms with E-state index in [1.165, 1.54) is 5.56 Å². The van der Waals surface area contributed by atoms with Gasteiger partial charge in [-0.15, -0.1) is 0 Å². The first-order valence-electron chi connectivity index (χ1n) is 7.27. The van der Waals surface area contributed by atoms with Crippen LogP contribution in [0.3, 0.4) is 0 Å². The van der Waals surface area contributed by atoms with E-state index >= 15 is 0 Å². The normalized spacial score (nSPS) is 10.8. The van der Waals surface area contributed by atoms with E-state index in [0.29, 0.717) is 6.54 Å². The third kappa shape index (κ3) is 3.21. The van der Waals surface area contributed by atoms with Crippen molar-refractivity contribution in [1.29, 1.82) is 0 Å². The Balaban J connectivity index is 1.95. The molecule has 0 atom stereocenters. The lowest BCUT2D eigenvalue weighted by Gasteiger charge is -2.04. The van der Waals surface area contributed by atoms with Gasteiger partial charge in [0, 0.05) is 28.9 Å². The molecule has 3 nitrogen and oxygen atoms in total. The Kier molecular flexibility index (Phi) is 4.56. The second-order valence-corrected chi connectivity index (χ2v) is 5.60. The predicted molar refractivity (Wildman–Crippen MR) is 91.0 cm³/mol. The maximum atomic E-state index is 6.25. The van der Waals surface area contributed by atoms with Crippen LogP contribution < -0.4 is 5.32 Å². The van der Waals surface area contributed by atoms with Crippen LogP contribution in [-0.2, 0) is 13.1 Å². The molecule has 1 aromatic heterocycles. The number of aromatic nitrogens is 2. The molecule has 0 unspecified atom stereocenters. The molecular weight excluding hydrogens is 294 g/mol. The van der Waals surface area contributed by atoms with Crippen LogP contribution in [0, 0.1) is 0 Å². The second-order valence-electron chi connectivity index (χ2n) is 5.19. The minimum atomic E-state index is 0.670.